The zero-order valence-electron chi connectivity index (χ0n) is 16.5. The van der Waals surface area contributed by atoms with E-state index in [1.807, 2.05) is 0 Å². The first-order valence-electron chi connectivity index (χ1n) is 9.63. The molecule has 0 saturated carbocycles. The quantitative estimate of drug-likeness (QED) is 0.346. The smallest absolute Gasteiger partial charge is 0.188 e. The van der Waals surface area contributed by atoms with Gasteiger partial charge in [0.15, 0.2) is 11.9 Å². The minimum atomic E-state index is -1.29. The van der Waals surface area contributed by atoms with Crippen molar-refractivity contribution in [1.82, 2.24) is 0 Å². The Hall–Kier alpha value is -1.46. The average Bonchev–Trinajstić information content (AvgIpc) is 2.56. The van der Waals surface area contributed by atoms with Gasteiger partial charge in [0, 0.05) is 17.9 Å². The lowest BCUT2D eigenvalue weighted by Crippen LogP contribution is -2.63. The zero-order valence-corrected chi connectivity index (χ0v) is 18.5. The van der Waals surface area contributed by atoms with Gasteiger partial charge >= 0.3 is 0 Å². The van der Waals surface area contributed by atoms with E-state index in [4.69, 9.17) is 0 Å². The minimum absolute atomic E-state index is 1.07. The summed E-state index contributed by atoms with van der Waals surface area (Å²) in [5.41, 5.74) is 1.43. The van der Waals surface area contributed by atoms with Crippen LogP contribution in [0.1, 0.15) is 12.6 Å². The molecule has 1 aliphatic heterocycles. The molecule has 0 radical (unpaired) electrons. The highest BCUT2D eigenvalue weighted by Crippen LogP contribution is 2.29. The van der Waals surface area contributed by atoms with Crippen molar-refractivity contribution < 1.29 is 4.57 Å². The van der Waals surface area contributed by atoms with Crippen LogP contribution in [0.2, 0.25) is 38.3 Å². The van der Waals surface area contributed by atoms with Crippen molar-refractivity contribution in [3.05, 3.63) is 42.2 Å². The lowest BCUT2D eigenvalue weighted by atomic mass is 10.0. The van der Waals surface area contributed by atoms with Gasteiger partial charge in [-0.05, 0) is 28.3 Å². The molecule has 1 aromatic heterocycles. The minimum Gasteiger partial charge on any atom is -0.205 e. The molecule has 3 aromatic rings. The Morgan fingerprint density at radius 2 is 1.40 bits per heavy atom. The van der Waals surface area contributed by atoms with E-state index in [1.54, 1.807) is 10.4 Å². The second-order valence-electron chi connectivity index (χ2n) is 9.18. The monoisotopic (exact) mass is 364 g/mol. The summed E-state index contributed by atoms with van der Waals surface area (Å²) in [4.78, 5) is 0. The number of aromatic nitrogens is 1. The molecule has 25 heavy (non-hydrogen) atoms. The number of aryl methyl sites for hydroxylation is 2. The molecule has 2 aromatic carbocycles. The molecule has 1 aliphatic rings. The number of rotatable bonds is 1. The molecule has 0 amide bonds. The number of fused-ring (bicyclic) bond motifs is 3. The fourth-order valence-electron chi connectivity index (χ4n) is 4.68. The molecule has 0 spiro atoms. The molecule has 130 valence electrons. The highest BCUT2D eigenvalue weighted by molar-refractivity contribution is 7.03. The highest BCUT2D eigenvalue weighted by atomic mass is 28.3. The Morgan fingerprint density at radius 1 is 0.840 bits per heavy atom. The molecular formula is C22H30NSi2+. The largest absolute Gasteiger partial charge is 0.205 e. The maximum absolute atomic E-state index is 2.58. The summed E-state index contributed by atoms with van der Waals surface area (Å²) in [5, 5.41) is 9.19. The van der Waals surface area contributed by atoms with Gasteiger partial charge in [-0.3, -0.25) is 0 Å². The standard InChI is InChI=1S/C22H30NSi2/c1-7-20-19-13-18-15-22-21(24(3,4)10-11-25(22,5)6)14-17(18)12-16(19)8-9-23(20)2/h8-9,12-15H,7,10-11H2,1-6H3/q+1. The Morgan fingerprint density at radius 3 is 1.96 bits per heavy atom. The number of pyridine rings is 1. The van der Waals surface area contributed by atoms with Crippen molar-refractivity contribution >= 4 is 48.1 Å². The van der Waals surface area contributed by atoms with Gasteiger partial charge in [0.1, 0.15) is 7.05 Å². The molecule has 4 rings (SSSR count). The number of hydrogen-bond acceptors (Lipinski definition) is 0. The predicted molar refractivity (Wildman–Crippen MR) is 116 cm³/mol. The van der Waals surface area contributed by atoms with Crippen LogP contribution < -0.4 is 14.9 Å². The fourth-order valence-corrected chi connectivity index (χ4v) is 14.9. The van der Waals surface area contributed by atoms with Crippen LogP contribution in [0.3, 0.4) is 0 Å². The molecule has 2 heterocycles. The number of nitrogens with zero attached hydrogens (tertiary/aromatic N) is 1. The lowest BCUT2D eigenvalue weighted by molar-refractivity contribution is -0.677. The third kappa shape index (κ3) is 2.60. The van der Waals surface area contributed by atoms with Gasteiger partial charge in [-0.1, -0.05) is 67.7 Å². The molecule has 0 bridgehead atoms. The predicted octanol–water partition coefficient (Wildman–Crippen LogP) is 4.22. The topological polar surface area (TPSA) is 3.88 Å². The molecule has 3 heteroatoms. The summed E-state index contributed by atoms with van der Waals surface area (Å²) >= 11 is 0. The van der Waals surface area contributed by atoms with Crippen LogP contribution in [0, 0.1) is 0 Å². The van der Waals surface area contributed by atoms with Crippen LogP contribution in [0.15, 0.2) is 36.5 Å². The molecule has 1 nitrogen and oxygen atoms in total. The van der Waals surface area contributed by atoms with Gasteiger partial charge < -0.3 is 0 Å². The molecule has 0 aliphatic carbocycles. The summed E-state index contributed by atoms with van der Waals surface area (Å²) < 4.78 is 2.28. The average molecular weight is 365 g/mol. The van der Waals surface area contributed by atoms with Gasteiger partial charge in [0.05, 0.1) is 16.1 Å². The van der Waals surface area contributed by atoms with E-state index in [0.29, 0.717) is 0 Å². The van der Waals surface area contributed by atoms with Crippen molar-refractivity contribution in [2.75, 3.05) is 0 Å². The SMILES string of the molecule is CCc1c2cc3cc4c(cc3cc2cc[n+]1C)[Si](C)(C)CC[Si]4(C)C. The summed E-state index contributed by atoms with van der Waals surface area (Å²) in [6.45, 7) is 12.5. The first-order valence-corrected chi connectivity index (χ1v) is 16.0. The first-order chi connectivity index (χ1) is 11.7. The van der Waals surface area contributed by atoms with E-state index in [-0.39, 0.29) is 0 Å². The van der Waals surface area contributed by atoms with Crippen LogP contribution in [0.5, 0.6) is 0 Å². The van der Waals surface area contributed by atoms with Gasteiger partial charge in [-0.25, -0.2) is 4.57 Å². The molecule has 0 atom stereocenters. The number of benzene rings is 2. The molecule has 0 N–H and O–H groups in total. The molecule has 0 unspecified atom stereocenters. The van der Waals surface area contributed by atoms with E-state index in [0.717, 1.165) is 6.42 Å². The lowest BCUT2D eigenvalue weighted by Gasteiger charge is -2.39. The van der Waals surface area contributed by atoms with E-state index in [9.17, 15) is 0 Å². The third-order valence-corrected chi connectivity index (χ3v) is 14.0. The fraction of sp³-hybridized carbons (Fsp3) is 0.409. The number of hydrogen-bond donors (Lipinski definition) is 0. The van der Waals surface area contributed by atoms with Crippen LogP contribution in [-0.4, -0.2) is 16.1 Å². The summed E-state index contributed by atoms with van der Waals surface area (Å²) in [6, 6.07) is 15.2. The zero-order chi connectivity index (χ0) is 18.0. The van der Waals surface area contributed by atoms with Crippen LogP contribution in [-0.2, 0) is 13.5 Å². The van der Waals surface area contributed by atoms with Crippen molar-refractivity contribution in [3.63, 3.8) is 0 Å². The van der Waals surface area contributed by atoms with Crippen LogP contribution >= 0.6 is 0 Å². The normalized spacial score (nSPS) is 18.5. The maximum Gasteiger partial charge on any atom is 0.188 e. The van der Waals surface area contributed by atoms with E-state index < -0.39 is 16.1 Å². The van der Waals surface area contributed by atoms with Gasteiger partial charge in [0.25, 0.3) is 0 Å². The van der Waals surface area contributed by atoms with Crippen molar-refractivity contribution in [2.24, 2.45) is 7.05 Å². The third-order valence-electron chi connectivity index (χ3n) is 6.53. The van der Waals surface area contributed by atoms with Crippen molar-refractivity contribution in [2.45, 2.75) is 51.6 Å². The summed E-state index contributed by atoms with van der Waals surface area (Å²) in [6.07, 6.45) is 3.28. The van der Waals surface area contributed by atoms with Gasteiger partial charge in [-0.15, -0.1) is 0 Å². The van der Waals surface area contributed by atoms with Crippen LogP contribution in [0.25, 0.3) is 21.5 Å². The van der Waals surface area contributed by atoms with E-state index in [2.05, 4.69) is 81.3 Å². The van der Waals surface area contributed by atoms with E-state index >= 15 is 0 Å². The maximum atomic E-state index is 2.58. The summed E-state index contributed by atoms with van der Waals surface area (Å²) in [7, 11) is -0.403. The van der Waals surface area contributed by atoms with E-state index in [1.165, 1.54) is 39.3 Å². The molecule has 0 fully saturated rings. The second kappa shape index (κ2) is 5.52. The Labute approximate surface area is 153 Å². The van der Waals surface area contributed by atoms with Crippen molar-refractivity contribution in [3.8, 4) is 0 Å². The van der Waals surface area contributed by atoms with Gasteiger partial charge in [-0.2, -0.15) is 0 Å². The second-order valence-corrected chi connectivity index (χ2v) is 18.8. The highest BCUT2D eigenvalue weighted by Gasteiger charge is 2.39. The van der Waals surface area contributed by atoms with Crippen LogP contribution in [0.4, 0.5) is 0 Å². The summed E-state index contributed by atoms with van der Waals surface area (Å²) in [5.74, 6) is 0. The Kier molecular flexibility index (Phi) is 3.75. The van der Waals surface area contributed by atoms with Gasteiger partial charge in [0.2, 0.25) is 0 Å². The molecule has 0 saturated heterocycles. The van der Waals surface area contributed by atoms with Crippen molar-refractivity contribution in [1.29, 1.82) is 0 Å². The Bertz CT molecular complexity index is 1000. The first kappa shape index (κ1) is 17.0. The Balaban J connectivity index is 2.08. The molecular weight excluding hydrogens is 334 g/mol.